The minimum Gasteiger partial charge on any atom is -0.349 e. The van der Waals surface area contributed by atoms with Crippen LogP contribution in [0.25, 0.3) is 11.0 Å². The van der Waals surface area contributed by atoms with Gasteiger partial charge in [-0.1, -0.05) is 29.8 Å². The van der Waals surface area contributed by atoms with Crippen LogP contribution in [0.5, 0.6) is 0 Å². The minimum absolute atomic E-state index is 0.0610. The number of carbonyl (C=O) groups excluding carboxylic acids is 2. The molecular formula is C20H19ClN4O2S. The zero-order chi connectivity index (χ0) is 19.5. The minimum atomic E-state index is -0.0690. The maximum Gasteiger partial charge on any atom is 0.251 e. The first-order chi connectivity index (χ1) is 13.6. The molecular weight excluding hydrogens is 396 g/mol. The number of carbonyl (C=O) groups is 2. The number of fused-ring (bicyclic) bond motifs is 1. The van der Waals surface area contributed by atoms with E-state index < -0.39 is 0 Å². The largest absolute Gasteiger partial charge is 0.349 e. The van der Waals surface area contributed by atoms with Crippen LogP contribution in [0.4, 0.5) is 0 Å². The number of amides is 2. The van der Waals surface area contributed by atoms with E-state index in [1.807, 2.05) is 34.2 Å². The summed E-state index contributed by atoms with van der Waals surface area (Å²) in [6.07, 6.45) is 6.60. The number of hydrogen-bond acceptors (Lipinski definition) is 4. The summed E-state index contributed by atoms with van der Waals surface area (Å²) < 4.78 is 1.86. The Bertz CT molecular complexity index is 1020. The van der Waals surface area contributed by atoms with Gasteiger partial charge in [0.2, 0.25) is 5.91 Å². The number of rotatable bonds is 4. The van der Waals surface area contributed by atoms with Gasteiger partial charge in [-0.05, 0) is 31.1 Å². The fourth-order valence-corrected chi connectivity index (χ4v) is 4.29. The lowest BCUT2D eigenvalue weighted by Crippen LogP contribution is -2.46. The van der Waals surface area contributed by atoms with E-state index in [4.69, 9.17) is 11.6 Å². The summed E-state index contributed by atoms with van der Waals surface area (Å²) in [6, 6.07) is 9.25. The van der Waals surface area contributed by atoms with Gasteiger partial charge in [0, 0.05) is 42.3 Å². The van der Waals surface area contributed by atoms with Gasteiger partial charge in [-0.15, -0.1) is 11.3 Å². The van der Waals surface area contributed by atoms with Crippen molar-refractivity contribution in [2.45, 2.75) is 18.9 Å². The van der Waals surface area contributed by atoms with E-state index in [0.29, 0.717) is 29.5 Å². The summed E-state index contributed by atoms with van der Waals surface area (Å²) in [5.41, 5.74) is 1.36. The van der Waals surface area contributed by atoms with E-state index in [1.54, 1.807) is 23.1 Å². The molecule has 0 bridgehead atoms. The molecule has 28 heavy (non-hydrogen) atoms. The van der Waals surface area contributed by atoms with E-state index in [-0.39, 0.29) is 17.9 Å². The first kappa shape index (κ1) is 18.7. The SMILES string of the molecule is O=C(NC1CCN(C(=O)/C=C/c2c(Cl)nc3sccn23)CC1)c1ccccc1. The van der Waals surface area contributed by atoms with Gasteiger partial charge in [0.25, 0.3) is 5.91 Å². The Hall–Kier alpha value is -2.64. The molecule has 0 saturated carbocycles. The highest BCUT2D eigenvalue weighted by molar-refractivity contribution is 7.15. The fourth-order valence-electron chi connectivity index (χ4n) is 3.28. The number of aromatic nitrogens is 2. The van der Waals surface area contributed by atoms with Crippen molar-refractivity contribution in [3.8, 4) is 0 Å². The Morgan fingerprint density at radius 1 is 1.21 bits per heavy atom. The van der Waals surface area contributed by atoms with Crippen molar-refractivity contribution in [1.82, 2.24) is 19.6 Å². The van der Waals surface area contributed by atoms with Crippen molar-refractivity contribution in [3.05, 3.63) is 64.4 Å². The molecule has 1 saturated heterocycles. The van der Waals surface area contributed by atoms with Crippen LogP contribution < -0.4 is 5.32 Å². The lowest BCUT2D eigenvalue weighted by Gasteiger charge is -2.31. The molecule has 1 N–H and O–H groups in total. The van der Waals surface area contributed by atoms with Gasteiger partial charge in [-0.3, -0.25) is 14.0 Å². The monoisotopic (exact) mass is 414 g/mol. The molecule has 1 fully saturated rings. The smallest absolute Gasteiger partial charge is 0.251 e. The normalized spacial score (nSPS) is 15.4. The molecule has 4 rings (SSSR count). The van der Waals surface area contributed by atoms with Crippen molar-refractivity contribution in [2.24, 2.45) is 0 Å². The number of thiazole rings is 1. The van der Waals surface area contributed by atoms with Crippen LogP contribution in [-0.2, 0) is 4.79 Å². The molecule has 0 radical (unpaired) electrons. The van der Waals surface area contributed by atoms with Gasteiger partial charge in [0.1, 0.15) is 0 Å². The third-order valence-corrected chi connectivity index (χ3v) is 5.85. The molecule has 8 heteroatoms. The van der Waals surface area contributed by atoms with Crippen molar-refractivity contribution < 1.29 is 9.59 Å². The summed E-state index contributed by atoms with van der Waals surface area (Å²) in [5.74, 6) is -0.130. The highest BCUT2D eigenvalue weighted by atomic mass is 35.5. The van der Waals surface area contributed by atoms with Gasteiger partial charge in [-0.25, -0.2) is 4.98 Å². The average Bonchev–Trinajstić information content (AvgIpc) is 3.28. The molecule has 3 aromatic rings. The molecule has 2 aromatic heterocycles. The quantitative estimate of drug-likeness (QED) is 0.664. The van der Waals surface area contributed by atoms with Gasteiger partial charge in [-0.2, -0.15) is 0 Å². The first-order valence-corrected chi connectivity index (χ1v) is 10.3. The number of benzene rings is 1. The number of halogens is 1. The van der Waals surface area contributed by atoms with Crippen molar-refractivity contribution in [2.75, 3.05) is 13.1 Å². The van der Waals surface area contributed by atoms with E-state index in [0.717, 1.165) is 17.8 Å². The first-order valence-electron chi connectivity index (χ1n) is 9.06. The van der Waals surface area contributed by atoms with Crippen LogP contribution in [0.15, 0.2) is 48.0 Å². The van der Waals surface area contributed by atoms with E-state index in [9.17, 15) is 9.59 Å². The fraction of sp³-hybridized carbons (Fsp3) is 0.250. The van der Waals surface area contributed by atoms with Gasteiger partial charge < -0.3 is 10.2 Å². The van der Waals surface area contributed by atoms with Crippen LogP contribution in [0, 0.1) is 0 Å². The third kappa shape index (κ3) is 3.95. The zero-order valence-electron chi connectivity index (χ0n) is 15.0. The van der Waals surface area contributed by atoms with Crippen LogP contribution in [-0.4, -0.2) is 45.2 Å². The molecule has 0 spiro atoms. The van der Waals surface area contributed by atoms with Gasteiger partial charge in [0.05, 0.1) is 5.69 Å². The summed E-state index contributed by atoms with van der Waals surface area (Å²) in [7, 11) is 0. The summed E-state index contributed by atoms with van der Waals surface area (Å²) >= 11 is 7.65. The topological polar surface area (TPSA) is 66.7 Å². The Morgan fingerprint density at radius 3 is 2.71 bits per heavy atom. The lowest BCUT2D eigenvalue weighted by atomic mass is 10.0. The molecule has 1 aliphatic heterocycles. The highest BCUT2D eigenvalue weighted by Crippen LogP contribution is 2.22. The van der Waals surface area contributed by atoms with Gasteiger partial charge in [0.15, 0.2) is 10.1 Å². The Kier molecular flexibility index (Phi) is 5.45. The molecule has 0 unspecified atom stereocenters. The van der Waals surface area contributed by atoms with Crippen molar-refractivity contribution >= 4 is 45.8 Å². The van der Waals surface area contributed by atoms with Crippen LogP contribution in [0.3, 0.4) is 0 Å². The second-order valence-corrected chi connectivity index (χ2v) is 7.85. The maximum absolute atomic E-state index is 12.5. The summed E-state index contributed by atoms with van der Waals surface area (Å²) in [4.78, 5) is 31.6. The summed E-state index contributed by atoms with van der Waals surface area (Å²) in [6.45, 7) is 1.22. The van der Waals surface area contributed by atoms with Gasteiger partial charge >= 0.3 is 0 Å². The second kappa shape index (κ2) is 8.16. The molecule has 2 amide bonds. The third-order valence-electron chi connectivity index (χ3n) is 4.82. The molecule has 6 nitrogen and oxygen atoms in total. The summed E-state index contributed by atoms with van der Waals surface area (Å²) in [5, 5.41) is 5.36. The number of nitrogens with zero attached hydrogens (tertiary/aromatic N) is 3. The second-order valence-electron chi connectivity index (χ2n) is 6.62. The Balaban J connectivity index is 1.32. The Morgan fingerprint density at radius 2 is 1.96 bits per heavy atom. The van der Waals surface area contributed by atoms with Crippen LogP contribution >= 0.6 is 22.9 Å². The number of hydrogen-bond donors (Lipinski definition) is 1. The number of piperidine rings is 1. The molecule has 144 valence electrons. The molecule has 0 aliphatic carbocycles. The standard InChI is InChI=1S/C20H19ClN4O2S/c21-18-16(25-12-13-28-20(25)23-18)6-7-17(26)24-10-8-15(9-11-24)22-19(27)14-4-2-1-3-5-14/h1-7,12-13,15H,8-11H2,(H,22,27)/b7-6+. The lowest BCUT2D eigenvalue weighted by molar-refractivity contribution is -0.126. The molecule has 1 aromatic carbocycles. The Labute approximate surface area is 171 Å². The van der Waals surface area contributed by atoms with E-state index in [1.165, 1.54) is 17.4 Å². The van der Waals surface area contributed by atoms with Crippen LogP contribution in [0.2, 0.25) is 5.15 Å². The predicted molar refractivity (Wildman–Crippen MR) is 111 cm³/mol. The predicted octanol–water partition coefficient (Wildman–Crippen LogP) is 3.48. The average molecular weight is 415 g/mol. The van der Waals surface area contributed by atoms with Crippen molar-refractivity contribution in [3.63, 3.8) is 0 Å². The number of likely N-dealkylation sites (tertiary alicyclic amines) is 1. The zero-order valence-corrected chi connectivity index (χ0v) is 16.6. The maximum atomic E-state index is 12.5. The van der Waals surface area contributed by atoms with E-state index in [2.05, 4.69) is 10.3 Å². The molecule has 3 heterocycles. The molecule has 1 aliphatic rings. The van der Waals surface area contributed by atoms with Crippen molar-refractivity contribution in [1.29, 1.82) is 0 Å². The van der Waals surface area contributed by atoms with Crippen LogP contribution in [0.1, 0.15) is 28.9 Å². The molecule has 0 atom stereocenters. The highest BCUT2D eigenvalue weighted by Gasteiger charge is 2.23. The number of nitrogens with one attached hydrogen (secondary N) is 1. The van der Waals surface area contributed by atoms with E-state index >= 15 is 0 Å². The number of imidazole rings is 1.